The van der Waals surface area contributed by atoms with Gasteiger partial charge >= 0.3 is 30.4 Å². The zero-order valence-corrected chi connectivity index (χ0v) is 12.9. The van der Waals surface area contributed by atoms with Gasteiger partial charge < -0.3 is 39.1 Å². The molecule has 12 nitrogen and oxygen atoms in total. The van der Waals surface area contributed by atoms with Crippen LogP contribution in [0.2, 0.25) is 0 Å². The Kier molecular flexibility index (Phi) is 6.33. The lowest BCUT2D eigenvalue weighted by molar-refractivity contribution is 0.340. The Hall–Kier alpha value is 0.340. The first-order valence-electron chi connectivity index (χ1n) is 4.36. The Balaban J connectivity index is 5.74. The van der Waals surface area contributed by atoms with E-state index in [9.17, 15) is 18.3 Å². The van der Waals surface area contributed by atoms with E-state index in [1.165, 1.54) is 0 Å². The van der Waals surface area contributed by atoms with Crippen molar-refractivity contribution < 1.29 is 57.4 Å². The monoisotopic (exact) mass is 376 g/mol. The summed E-state index contributed by atoms with van der Waals surface area (Å²) in [5.74, 6) is 0. The van der Waals surface area contributed by atoms with E-state index in [0.717, 1.165) is 0 Å². The van der Waals surface area contributed by atoms with Crippen molar-refractivity contribution in [2.45, 2.75) is 10.8 Å². The Bertz CT molecular complexity index is 460. The van der Waals surface area contributed by atoms with Crippen LogP contribution in [0.3, 0.4) is 0 Å². The zero-order valence-electron chi connectivity index (χ0n) is 9.31. The van der Waals surface area contributed by atoms with Crippen LogP contribution in [0, 0.1) is 0 Å². The van der Waals surface area contributed by atoms with E-state index < -0.39 is 41.2 Å². The Labute approximate surface area is 111 Å². The summed E-state index contributed by atoms with van der Waals surface area (Å²) in [6.45, 7) is 0. The molecule has 120 valence electrons. The third-order valence-corrected chi connectivity index (χ3v) is 8.89. The largest absolute Gasteiger partial charge is 0.344 e. The lowest BCUT2D eigenvalue weighted by Gasteiger charge is -2.19. The predicted molar refractivity (Wildman–Crippen MR) is 64.9 cm³/mol. The number of hydrogen-bond donors (Lipinski definition) is 8. The summed E-state index contributed by atoms with van der Waals surface area (Å²) in [5.41, 5.74) is 0. The highest BCUT2D eigenvalue weighted by atomic mass is 31.2. The summed E-state index contributed by atoms with van der Waals surface area (Å²) < 4.78 is 43.4. The maximum absolute atomic E-state index is 10.9. The molecule has 0 saturated heterocycles. The van der Waals surface area contributed by atoms with Crippen LogP contribution in [0.25, 0.3) is 0 Å². The predicted octanol–water partition coefficient (Wildman–Crippen LogP) is -1.09. The molecule has 8 N–H and O–H groups in total. The van der Waals surface area contributed by atoms with Crippen molar-refractivity contribution >= 4 is 30.4 Å². The molecule has 16 heteroatoms. The molecule has 0 amide bonds. The van der Waals surface area contributed by atoms with Crippen LogP contribution < -0.4 is 0 Å². The van der Waals surface area contributed by atoms with Crippen molar-refractivity contribution in [2.24, 2.45) is 0 Å². The van der Waals surface area contributed by atoms with Crippen LogP contribution in [0.4, 0.5) is 0 Å². The Morgan fingerprint density at radius 2 is 0.650 bits per heavy atom. The van der Waals surface area contributed by atoms with Gasteiger partial charge in [0.25, 0.3) is 0 Å². The van der Waals surface area contributed by atoms with Crippen LogP contribution in [-0.4, -0.2) is 49.9 Å². The highest BCUT2D eigenvalue weighted by molar-refractivity contribution is 7.72. The van der Waals surface area contributed by atoms with E-state index in [0.29, 0.717) is 0 Å². The summed E-state index contributed by atoms with van der Waals surface area (Å²) >= 11 is 0. The second-order valence-corrected chi connectivity index (χ2v) is 11.3. The van der Waals surface area contributed by atoms with Gasteiger partial charge in [0.1, 0.15) is 0 Å². The molecule has 0 aliphatic heterocycles. The van der Waals surface area contributed by atoms with E-state index in [-0.39, 0.29) is 12.2 Å². The molecule has 0 unspecified atom stereocenters. The molecule has 0 rings (SSSR count). The van der Waals surface area contributed by atoms with Crippen molar-refractivity contribution in [3.8, 4) is 0 Å². The quantitative estimate of drug-likeness (QED) is 0.204. The molecule has 0 aromatic heterocycles. The molecule has 0 aliphatic rings. The van der Waals surface area contributed by atoms with Crippen LogP contribution >= 0.6 is 30.4 Å². The minimum Gasteiger partial charge on any atom is -0.324 e. The summed E-state index contributed by atoms with van der Waals surface area (Å²) in [6, 6.07) is 0. The maximum atomic E-state index is 10.9. The van der Waals surface area contributed by atoms with E-state index in [4.69, 9.17) is 39.1 Å². The van der Waals surface area contributed by atoms with Crippen LogP contribution in [0.15, 0.2) is 12.2 Å². The van der Waals surface area contributed by atoms with Gasteiger partial charge in [0.2, 0.25) is 0 Å². The van der Waals surface area contributed by atoms with Gasteiger partial charge in [-0.2, -0.15) is 0 Å². The second-order valence-electron chi connectivity index (χ2n) is 3.57. The van der Waals surface area contributed by atoms with Crippen molar-refractivity contribution in [3.63, 3.8) is 0 Å². The molecule has 0 bridgehead atoms. The second kappa shape index (κ2) is 6.22. The fourth-order valence-electron chi connectivity index (χ4n) is 1.04. The molecule has 0 saturated carbocycles. The number of rotatable bonds is 6. The van der Waals surface area contributed by atoms with Gasteiger partial charge in [-0.05, 0) is 0 Å². The number of hydrogen-bond acceptors (Lipinski definition) is 4. The highest BCUT2D eigenvalue weighted by Gasteiger charge is 2.45. The van der Waals surface area contributed by atoms with Crippen LogP contribution in [0.1, 0.15) is 0 Å². The van der Waals surface area contributed by atoms with Crippen molar-refractivity contribution in [2.75, 3.05) is 0 Å². The normalized spacial score (nSPS) is 15.5. The molecular formula is C4H12O12P4. The molecule has 20 heavy (non-hydrogen) atoms. The van der Waals surface area contributed by atoms with E-state index in [2.05, 4.69) is 0 Å². The first-order valence-corrected chi connectivity index (χ1v) is 11.1. The van der Waals surface area contributed by atoms with Gasteiger partial charge in [0.05, 0.1) is 0 Å². The van der Waals surface area contributed by atoms with E-state index >= 15 is 0 Å². The van der Waals surface area contributed by atoms with Crippen molar-refractivity contribution in [1.29, 1.82) is 0 Å². The van der Waals surface area contributed by atoms with Gasteiger partial charge in [0.15, 0.2) is 10.8 Å². The molecule has 0 spiro atoms. The molecule has 0 radical (unpaired) electrons. The van der Waals surface area contributed by atoms with Gasteiger partial charge in [0, 0.05) is 0 Å². The third-order valence-electron chi connectivity index (χ3n) is 1.83. The standard InChI is InChI=1S/C4H12O12P4/c5-17(6,7)3(18(8,9)10)1-2-4(19(11,12)13)20(14,15)16/h1-4H,(H2,5,6,7)(H2,8,9,10)(H2,11,12,13)(H2,14,15,16). The minimum atomic E-state index is -5.41. The van der Waals surface area contributed by atoms with Crippen LogP contribution in [-0.2, 0) is 18.3 Å². The number of allylic oxidation sites excluding steroid dienone is 2. The molecular weight excluding hydrogens is 364 g/mol. The van der Waals surface area contributed by atoms with Crippen molar-refractivity contribution in [1.82, 2.24) is 0 Å². The summed E-state index contributed by atoms with van der Waals surface area (Å²) in [6.07, 6.45) is -0.0190. The maximum Gasteiger partial charge on any atom is 0.344 e. The topological polar surface area (TPSA) is 230 Å². The average Bonchev–Trinajstić information content (AvgIpc) is 2.02. The lowest BCUT2D eigenvalue weighted by atomic mass is 10.6. The third kappa shape index (κ3) is 6.41. The zero-order chi connectivity index (χ0) is 16.6. The molecule has 0 heterocycles. The Morgan fingerprint density at radius 1 is 0.500 bits per heavy atom. The summed E-state index contributed by atoms with van der Waals surface area (Å²) in [5, 5.41) is -5.54. The van der Waals surface area contributed by atoms with Gasteiger partial charge in [-0.1, -0.05) is 12.2 Å². The van der Waals surface area contributed by atoms with E-state index in [1.807, 2.05) is 0 Å². The highest BCUT2D eigenvalue weighted by Crippen LogP contribution is 2.63. The van der Waals surface area contributed by atoms with Crippen molar-refractivity contribution in [3.05, 3.63) is 12.2 Å². The van der Waals surface area contributed by atoms with Crippen LogP contribution in [0.5, 0.6) is 0 Å². The Morgan fingerprint density at radius 3 is 0.750 bits per heavy atom. The minimum absolute atomic E-state index is 0.00952. The first kappa shape index (κ1) is 20.3. The summed E-state index contributed by atoms with van der Waals surface area (Å²) in [7, 11) is -21.7. The molecule has 0 fully saturated rings. The SMILES string of the molecule is O=P(O)(O)C(C=CC(P(=O)(O)O)P(=O)(O)O)P(=O)(O)O. The van der Waals surface area contributed by atoms with Gasteiger partial charge in [-0.25, -0.2) is 0 Å². The molecule has 0 atom stereocenters. The smallest absolute Gasteiger partial charge is 0.324 e. The fourth-order valence-corrected chi connectivity index (χ4v) is 5.47. The molecule has 0 aliphatic carbocycles. The van der Waals surface area contributed by atoms with Gasteiger partial charge in [-0.3, -0.25) is 18.3 Å². The molecule has 0 aromatic rings. The fraction of sp³-hybridized carbons (Fsp3) is 0.500. The molecule has 0 aromatic carbocycles. The average molecular weight is 376 g/mol. The summed E-state index contributed by atoms with van der Waals surface area (Å²) in [4.78, 5) is 69.7. The first-order chi connectivity index (χ1) is 8.47. The van der Waals surface area contributed by atoms with Gasteiger partial charge in [-0.15, -0.1) is 0 Å². The lowest BCUT2D eigenvalue weighted by Crippen LogP contribution is -2.10. The van der Waals surface area contributed by atoms with E-state index in [1.54, 1.807) is 0 Å².